The van der Waals surface area contributed by atoms with Crippen molar-refractivity contribution in [1.82, 2.24) is 19.2 Å². The summed E-state index contributed by atoms with van der Waals surface area (Å²) in [5.74, 6) is 0.477. The first-order valence-electron chi connectivity index (χ1n) is 11.2. The van der Waals surface area contributed by atoms with Gasteiger partial charge in [0.2, 0.25) is 10.0 Å². The lowest BCUT2D eigenvalue weighted by Crippen LogP contribution is -2.30. The largest absolute Gasteiger partial charge is 0.346 e. The van der Waals surface area contributed by atoms with Crippen LogP contribution in [0.15, 0.2) is 52.2 Å². The third kappa shape index (κ3) is 4.30. The number of sulfonamides is 1. The average molecular weight is 469 g/mol. The maximum atomic E-state index is 12.9. The normalized spacial score (nSPS) is 14.4. The van der Waals surface area contributed by atoms with E-state index in [-0.39, 0.29) is 22.4 Å². The molecule has 1 N–H and O–H groups in total. The lowest BCUT2D eigenvalue weighted by Gasteiger charge is -2.19. The highest BCUT2D eigenvalue weighted by Crippen LogP contribution is 2.21. The van der Waals surface area contributed by atoms with Gasteiger partial charge in [-0.15, -0.1) is 0 Å². The van der Waals surface area contributed by atoms with E-state index in [4.69, 9.17) is 0 Å². The van der Waals surface area contributed by atoms with Crippen molar-refractivity contribution in [2.45, 2.75) is 51.1 Å². The molecule has 1 unspecified atom stereocenters. The van der Waals surface area contributed by atoms with Crippen molar-refractivity contribution in [2.75, 3.05) is 13.1 Å². The Hall–Kier alpha value is -3.04. The second-order valence-corrected chi connectivity index (χ2v) is 10.1. The molecule has 4 rings (SSSR count). The van der Waals surface area contributed by atoms with E-state index in [0.717, 1.165) is 24.2 Å². The van der Waals surface area contributed by atoms with Crippen LogP contribution in [-0.4, -0.2) is 41.3 Å². The number of nitrogens with one attached hydrogen (secondary N) is 1. The smallest absolute Gasteiger partial charge is 0.261 e. The number of carbonyl (C=O) groups is 1. The van der Waals surface area contributed by atoms with E-state index in [1.54, 1.807) is 60.9 Å². The fraction of sp³-hybridized carbons (Fsp3) is 0.375. The monoisotopic (exact) mass is 468 g/mol. The quantitative estimate of drug-likeness (QED) is 0.575. The number of hydrogen-bond donors (Lipinski definition) is 1. The minimum absolute atomic E-state index is 0.0624. The van der Waals surface area contributed by atoms with Crippen LogP contribution < -0.4 is 10.9 Å². The summed E-state index contributed by atoms with van der Waals surface area (Å²) >= 11 is 0. The summed E-state index contributed by atoms with van der Waals surface area (Å²) in [5, 5.41) is 3.45. The maximum absolute atomic E-state index is 12.9. The zero-order valence-corrected chi connectivity index (χ0v) is 19.9. The van der Waals surface area contributed by atoms with Crippen LogP contribution in [0.25, 0.3) is 10.9 Å². The SMILES string of the molecule is CCN(CC)S(=O)(=O)c1ccc(C(C)NC(=O)c2ccc3c(=O)n4c(nc3c2)CCC4)cc1. The predicted octanol–water partition coefficient (Wildman–Crippen LogP) is 2.86. The summed E-state index contributed by atoms with van der Waals surface area (Å²) in [6.07, 6.45) is 1.66. The molecule has 1 aliphatic heterocycles. The van der Waals surface area contributed by atoms with Crippen molar-refractivity contribution in [1.29, 1.82) is 0 Å². The van der Waals surface area contributed by atoms with E-state index in [2.05, 4.69) is 10.3 Å². The minimum Gasteiger partial charge on any atom is -0.346 e. The maximum Gasteiger partial charge on any atom is 0.261 e. The van der Waals surface area contributed by atoms with Crippen LogP contribution in [-0.2, 0) is 23.0 Å². The summed E-state index contributed by atoms with van der Waals surface area (Å²) in [7, 11) is -3.53. The molecule has 174 valence electrons. The molecule has 0 bridgehead atoms. The average Bonchev–Trinajstić information content (AvgIpc) is 3.28. The molecule has 0 saturated heterocycles. The summed E-state index contributed by atoms with van der Waals surface area (Å²) in [6, 6.07) is 11.2. The van der Waals surface area contributed by atoms with Gasteiger partial charge in [-0.2, -0.15) is 4.31 Å². The molecule has 2 heterocycles. The highest BCUT2D eigenvalue weighted by Gasteiger charge is 2.22. The second kappa shape index (κ2) is 9.07. The molecule has 0 aliphatic carbocycles. The Balaban J connectivity index is 1.52. The van der Waals surface area contributed by atoms with Crippen molar-refractivity contribution in [3.63, 3.8) is 0 Å². The third-order valence-electron chi connectivity index (χ3n) is 6.15. The molecule has 8 nitrogen and oxygen atoms in total. The summed E-state index contributed by atoms with van der Waals surface area (Å²) in [4.78, 5) is 30.3. The highest BCUT2D eigenvalue weighted by molar-refractivity contribution is 7.89. The van der Waals surface area contributed by atoms with Crippen LogP contribution in [0.1, 0.15) is 55.0 Å². The summed E-state index contributed by atoms with van der Waals surface area (Å²) < 4.78 is 28.4. The van der Waals surface area contributed by atoms with Crippen molar-refractivity contribution in [2.24, 2.45) is 0 Å². The first kappa shape index (κ1) is 23.1. The second-order valence-electron chi connectivity index (χ2n) is 8.17. The van der Waals surface area contributed by atoms with Gasteiger partial charge in [0.25, 0.3) is 11.5 Å². The van der Waals surface area contributed by atoms with Gasteiger partial charge in [-0.1, -0.05) is 26.0 Å². The number of benzene rings is 2. The van der Waals surface area contributed by atoms with Crippen LogP contribution in [0.2, 0.25) is 0 Å². The van der Waals surface area contributed by atoms with Crippen molar-refractivity contribution >= 4 is 26.8 Å². The Morgan fingerprint density at radius 1 is 1.15 bits per heavy atom. The molecule has 0 radical (unpaired) electrons. The van der Waals surface area contributed by atoms with Crippen LogP contribution in [0.5, 0.6) is 0 Å². The number of fused-ring (bicyclic) bond motifs is 2. The molecule has 9 heteroatoms. The molecule has 1 atom stereocenters. The first-order chi connectivity index (χ1) is 15.8. The molecule has 3 aromatic rings. The molecule has 0 spiro atoms. The molecule has 1 aromatic heterocycles. The Morgan fingerprint density at radius 3 is 2.52 bits per heavy atom. The molecular weight excluding hydrogens is 440 g/mol. The van der Waals surface area contributed by atoms with E-state index in [0.29, 0.717) is 36.1 Å². The number of aryl methyl sites for hydroxylation is 1. The molecule has 0 fully saturated rings. The van der Waals surface area contributed by atoms with E-state index in [1.807, 2.05) is 6.92 Å². The van der Waals surface area contributed by atoms with Gasteiger partial charge in [-0.25, -0.2) is 13.4 Å². The van der Waals surface area contributed by atoms with Gasteiger partial charge >= 0.3 is 0 Å². The van der Waals surface area contributed by atoms with E-state index >= 15 is 0 Å². The lowest BCUT2D eigenvalue weighted by atomic mass is 10.1. The van der Waals surface area contributed by atoms with Crippen molar-refractivity contribution in [3.8, 4) is 0 Å². The van der Waals surface area contributed by atoms with Gasteiger partial charge < -0.3 is 5.32 Å². The molecule has 0 saturated carbocycles. The molecule has 33 heavy (non-hydrogen) atoms. The molecule has 2 aromatic carbocycles. The van der Waals surface area contributed by atoms with Gasteiger partial charge in [0.15, 0.2) is 0 Å². The van der Waals surface area contributed by atoms with E-state index in [9.17, 15) is 18.0 Å². The Labute approximate surface area is 193 Å². The number of aromatic nitrogens is 2. The number of rotatable bonds is 7. The van der Waals surface area contributed by atoms with Crippen LogP contribution >= 0.6 is 0 Å². The lowest BCUT2D eigenvalue weighted by molar-refractivity contribution is 0.0940. The number of nitrogens with zero attached hydrogens (tertiary/aromatic N) is 3. The van der Waals surface area contributed by atoms with Crippen LogP contribution in [0.4, 0.5) is 0 Å². The van der Waals surface area contributed by atoms with Gasteiger partial charge in [0.05, 0.1) is 21.8 Å². The van der Waals surface area contributed by atoms with E-state index in [1.165, 1.54) is 4.31 Å². The van der Waals surface area contributed by atoms with Crippen LogP contribution in [0, 0.1) is 0 Å². The standard InChI is InChI=1S/C24H28N4O4S/c1-4-27(5-2)33(31,32)19-11-8-17(9-12-19)16(3)25-23(29)18-10-13-20-21(15-18)26-22-7-6-14-28(22)24(20)30/h8-13,15-16H,4-7,14H2,1-3H3,(H,25,29). The Kier molecular flexibility index (Phi) is 6.36. The topological polar surface area (TPSA) is 101 Å². The number of hydrogen-bond acceptors (Lipinski definition) is 5. The molecular formula is C24H28N4O4S. The Morgan fingerprint density at radius 2 is 1.85 bits per heavy atom. The fourth-order valence-electron chi connectivity index (χ4n) is 4.23. The first-order valence-corrected chi connectivity index (χ1v) is 12.6. The van der Waals surface area contributed by atoms with Gasteiger partial charge in [-0.3, -0.25) is 14.2 Å². The minimum atomic E-state index is -3.53. The Bertz CT molecular complexity index is 1360. The predicted molar refractivity (Wildman–Crippen MR) is 127 cm³/mol. The summed E-state index contributed by atoms with van der Waals surface area (Å²) in [5.41, 5.74) is 1.67. The van der Waals surface area contributed by atoms with E-state index < -0.39 is 10.0 Å². The molecule has 1 aliphatic rings. The third-order valence-corrected chi connectivity index (χ3v) is 8.21. The number of carbonyl (C=O) groups excluding carboxylic acids is 1. The van der Waals surface area contributed by atoms with Gasteiger partial charge in [0.1, 0.15) is 5.82 Å². The zero-order valence-electron chi connectivity index (χ0n) is 19.0. The molecule has 1 amide bonds. The van der Waals surface area contributed by atoms with Crippen molar-refractivity contribution in [3.05, 3.63) is 69.8 Å². The van der Waals surface area contributed by atoms with Crippen LogP contribution in [0.3, 0.4) is 0 Å². The summed E-state index contributed by atoms with van der Waals surface area (Å²) in [6.45, 7) is 6.95. The van der Waals surface area contributed by atoms with Gasteiger partial charge in [0, 0.05) is 31.6 Å². The highest BCUT2D eigenvalue weighted by atomic mass is 32.2. The zero-order chi connectivity index (χ0) is 23.8. The number of amides is 1. The fourth-order valence-corrected chi connectivity index (χ4v) is 5.69. The van der Waals surface area contributed by atoms with Gasteiger partial charge in [-0.05, 0) is 49.2 Å². The van der Waals surface area contributed by atoms with Crippen molar-refractivity contribution < 1.29 is 13.2 Å².